The van der Waals surface area contributed by atoms with E-state index in [1.807, 2.05) is 6.07 Å². The van der Waals surface area contributed by atoms with Crippen LogP contribution in [0.15, 0.2) is 12.3 Å². The van der Waals surface area contributed by atoms with E-state index in [1.54, 1.807) is 0 Å². The molecule has 0 aromatic carbocycles. The van der Waals surface area contributed by atoms with E-state index in [0.29, 0.717) is 11.8 Å². The average Bonchev–Trinajstić information content (AvgIpc) is 2.21. The molecule has 0 radical (unpaired) electrons. The summed E-state index contributed by atoms with van der Waals surface area (Å²) in [6.07, 6.45) is 1.68. The maximum absolute atomic E-state index is 12.7. The van der Waals surface area contributed by atoms with Gasteiger partial charge in [-0.1, -0.05) is 11.8 Å². The highest BCUT2D eigenvalue weighted by atomic mass is 19.1. The topological polar surface area (TPSA) is 53.8 Å². The number of pyridine rings is 1. The van der Waals surface area contributed by atoms with Crippen LogP contribution in [0.1, 0.15) is 22.3 Å². The van der Waals surface area contributed by atoms with E-state index in [-0.39, 0.29) is 12.0 Å². The van der Waals surface area contributed by atoms with Gasteiger partial charge in [0.1, 0.15) is 0 Å². The average molecular weight is 188 g/mol. The zero-order valence-electron chi connectivity index (χ0n) is 7.12. The molecule has 0 amide bonds. The third-order valence-electron chi connectivity index (χ3n) is 1.39. The van der Waals surface area contributed by atoms with Gasteiger partial charge in [-0.3, -0.25) is 4.79 Å². The Morgan fingerprint density at radius 1 is 1.64 bits per heavy atom. The zero-order valence-corrected chi connectivity index (χ0v) is 7.12. The van der Waals surface area contributed by atoms with Gasteiger partial charge in [-0.25, -0.2) is 4.98 Å². The van der Waals surface area contributed by atoms with Crippen molar-refractivity contribution in [1.82, 2.24) is 4.98 Å². The Balaban J connectivity index is 2.98. The van der Waals surface area contributed by atoms with Gasteiger partial charge < -0.3 is 0 Å². The number of carbonyl (C=O) groups excluding carboxylic acids is 1. The molecule has 0 saturated carbocycles. The first-order chi connectivity index (χ1) is 6.77. The van der Waals surface area contributed by atoms with Gasteiger partial charge in [0.2, 0.25) is 5.95 Å². The van der Waals surface area contributed by atoms with E-state index in [2.05, 4.69) is 16.8 Å². The number of nitriles is 1. The van der Waals surface area contributed by atoms with E-state index in [0.717, 1.165) is 0 Å². The van der Waals surface area contributed by atoms with Gasteiger partial charge in [0.15, 0.2) is 6.29 Å². The van der Waals surface area contributed by atoms with Gasteiger partial charge in [-0.15, -0.1) is 0 Å². The predicted molar refractivity (Wildman–Crippen MR) is 46.7 cm³/mol. The Bertz CT molecular complexity index is 451. The number of hydrogen-bond acceptors (Lipinski definition) is 3. The summed E-state index contributed by atoms with van der Waals surface area (Å²) in [6, 6.07) is 3.13. The Kier molecular flexibility index (Phi) is 3.34. The second-order valence-electron chi connectivity index (χ2n) is 2.36. The van der Waals surface area contributed by atoms with Crippen LogP contribution in [-0.2, 0) is 0 Å². The monoisotopic (exact) mass is 188 g/mol. The first-order valence-corrected chi connectivity index (χ1v) is 3.74. The second-order valence-corrected chi connectivity index (χ2v) is 2.36. The summed E-state index contributed by atoms with van der Waals surface area (Å²) in [4.78, 5) is 13.7. The summed E-state index contributed by atoms with van der Waals surface area (Å²) in [5, 5.41) is 8.20. The van der Waals surface area contributed by atoms with Crippen molar-refractivity contribution in [3.63, 3.8) is 0 Å². The molecule has 0 spiro atoms. The fourth-order valence-corrected chi connectivity index (χ4v) is 0.802. The molecule has 1 aromatic heterocycles. The van der Waals surface area contributed by atoms with E-state index in [9.17, 15) is 9.18 Å². The number of nitrogens with zero attached hydrogens (tertiary/aromatic N) is 2. The summed E-state index contributed by atoms with van der Waals surface area (Å²) in [7, 11) is 0. The molecular formula is C10H5FN2O. The number of aldehydes is 1. The molecule has 0 atom stereocenters. The van der Waals surface area contributed by atoms with Crippen LogP contribution in [0.3, 0.4) is 0 Å². The van der Waals surface area contributed by atoms with Crippen molar-refractivity contribution in [1.29, 1.82) is 5.26 Å². The van der Waals surface area contributed by atoms with Crippen molar-refractivity contribution >= 4 is 6.29 Å². The molecule has 0 aliphatic carbocycles. The Morgan fingerprint density at radius 2 is 2.43 bits per heavy atom. The highest BCUT2D eigenvalue weighted by molar-refractivity contribution is 5.75. The fraction of sp³-hybridized carbons (Fsp3) is 0.100. The summed E-state index contributed by atoms with van der Waals surface area (Å²) >= 11 is 0. The van der Waals surface area contributed by atoms with Crippen molar-refractivity contribution in [2.75, 3.05) is 0 Å². The van der Waals surface area contributed by atoms with Crippen LogP contribution in [-0.4, -0.2) is 11.3 Å². The lowest BCUT2D eigenvalue weighted by Crippen LogP contribution is -1.92. The van der Waals surface area contributed by atoms with Crippen LogP contribution >= 0.6 is 0 Å². The molecule has 0 N–H and O–H groups in total. The second kappa shape index (κ2) is 4.74. The highest BCUT2D eigenvalue weighted by Crippen LogP contribution is 2.03. The minimum Gasteiger partial charge on any atom is -0.298 e. The van der Waals surface area contributed by atoms with Gasteiger partial charge >= 0.3 is 0 Å². The molecule has 1 heterocycles. The molecule has 0 fully saturated rings. The van der Waals surface area contributed by atoms with Crippen molar-refractivity contribution < 1.29 is 9.18 Å². The van der Waals surface area contributed by atoms with Gasteiger partial charge in [0.25, 0.3) is 0 Å². The largest absolute Gasteiger partial charge is 0.298 e. The number of aromatic nitrogens is 1. The van der Waals surface area contributed by atoms with Crippen LogP contribution in [0.25, 0.3) is 0 Å². The molecule has 3 nitrogen and oxygen atoms in total. The van der Waals surface area contributed by atoms with Crippen LogP contribution in [0.5, 0.6) is 0 Å². The Labute approximate surface area is 80.2 Å². The molecule has 1 rings (SSSR count). The van der Waals surface area contributed by atoms with Crippen molar-refractivity contribution in [2.24, 2.45) is 0 Å². The maximum Gasteiger partial charge on any atom is 0.223 e. The first kappa shape index (κ1) is 9.88. The minimum absolute atomic E-state index is 0.0911. The minimum atomic E-state index is -0.814. The summed E-state index contributed by atoms with van der Waals surface area (Å²) in [5.74, 6) is 4.31. The SMILES string of the molecule is N#CCC#Cc1cnc(F)c(C=O)c1. The molecule has 1 aromatic rings. The van der Waals surface area contributed by atoms with Crippen molar-refractivity contribution in [3.8, 4) is 17.9 Å². The number of rotatable bonds is 1. The third kappa shape index (κ3) is 2.40. The highest BCUT2D eigenvalue weighted by Gasteiger charge is 2.01. The van der Waals surface area contributed by atoms with E-state index >= 15 is 0 Å². The van der Waals surface area contributed by atoms with E-state index in [4.69, 9.17) is 5.26 Å². The molecule has 0 bridgehead atoms. The molecule has 0 saturated heterocycles. The number of hydrogen-bond donors (Lipinski definition) is 0. The number of carbonyl (C=O) groups is 1. The summed E-state index contributed by atoms with van der Waals surface area (Å²) in [5.41, 5.74) is 0.289. The molecule has 68 valence electrons. The lowest BCUT2D eigenvalue weighted by Gasteiger charge is -1.93. The van der Waals surface area contributed by atoms with Crippen LogP contribution < -0.4 is 0 Å². The maximum atomic E-state index is 12.7. The predicted octanol–water partition coefficient (Wildman–Crippen LogP) is 1.30. The molecule has 0 unspecified atom stereocenters. The molecule has 14 heavy (non-hydrogen) atoms. The van der Waals surface area contributed by atoms with Gasteiger partial charge in [-0.2, -0.15) is 9.65 Å². The summed E-state index contributed by atoms with van der Waals surface area (Å²) in [6.45, 7) is 0. The summed E-state index contributed by atoms with van der Waals surface area (Å²) < 4.78 is 12.7. The van der Waals surface area contributed by atoms with E-state index < -0.39 is 5.95 Å². The van der Waals surface area contributed by atoms with Gasteiger partial charge in [0.05, 0.1) is 18.1 Å². The standard InChI is InChI=1S/C10H5FN2O/c11-10-9(7-14)5-8(6-13-10)3-1-2-4-12/h5-7H,2H2. The third-order valence-corrected chi connectivity index (χ3v) is 1.39. The normalized spacial score (nSPS) is 8.29. The molecule has 0 aliphatic rings. The molecule has 0 aliphatic heterocycles. The molecule has 4 heteroatoms. The lowest BCUT2D eigenvalue weighted by molar-refractivity contribution is 0.111. The zero-order chi connectivity index (χ0) is 10.4. The van der Waals surface area contributed by atoms with Crippen molar-refractivity contribution in [3.05, 3.63) is 29.3 Å². The van der Waals surface area contributed by atoms with Crippen LogP contribution in [0.2, 0.25) is 0 Å². The Hall–Kier alpha value is -2.20. The first-order valence-electron chi connectivity index (χ1n) is 3.74. The number of halogens is 1. The lowest BCUT2D eigenvalue weighted by atomic mass is 10.2. The van der Waals surface area contributed by atoms with Crippen LogP contribution in [0.4, 0.5) is 4.39 Å². The quantitative estimate of drug-likeness (QED) is 0.379. The molecular weight excluding hydrogens is 183 g/mol. The fourth-order valence-electron chi connectivity index (χ4n) is 0.802. The van der Waals surface area contributed by atoms with Crippen molar-refractivity contribution in [2.45, 2.75) is 6.42 Å². The van der Waals surface area contributed by atoms with E-state index in [1.165, 1.54) is 12.3 Å². The van der Waals surface area contributed by atoms with Crippen LogP contribution in [0, 0.1) is 29.1 Å². The van der Waals surface area contributed by atoms with Gasteiger partial charge in [-0.05, 0) is 6.07 Å². The Morgan fingerprint density at radius 3 is 3.07 bits per heavy atom. The van der Waals surface area contributed by atoms with Gasteiger partial charge in [0, 0.05) is 11.8 Å². The smallest absolute Gasteiger partial charge is 0.223 e.